The first kappa shape index (κ1) is 17.1. The molecule has 0 radical (unpaired) electrons. The maximum absolute atomic E-state index is 13.8. The molecule has 0 amide bonds. The van der Waals surface area contributed by atoms with Crippen LogP contribution in [0.2, 0.25) is 0 Å². The molecule has 1 aromatic heterocycles. The van der Waals surface area contributed by atoms with Gasteiger partial charge in [0.05, 0.1) is 35.2 Å². The molecule has 136 valence electrons. The fraction of sp³-hybridized carbons (Fsp3) is 0.158. The van der Waals surface area contributed by atoms with E-state index < -0.39 is 23.8 Å². The first-order valence-electron chi connectivity index (χ1n) is 8.00. The summed E-state index contributed by atoms with van der Waals surface area (Å²) in [7, 11) is 1.03. The first-order chi connectivity index (χ1) is 12.9. The zero-order chi connectivity index (χ0) is 19.2. The van der Waals surface area contributed by atoms with Gasteiger partial charge in [-0.3, -0.25) is 4.79 Å². The fourth-order valence-electron chi connectivity index (χ4n) is 3.08. The molecule has 2 heterocycles. The number of para-hydroxylation sites is 3. The molecule has 0 spiro atoms. The zero-order valence-corrected chi connectivity index (χ0v) is 14.0. The highest BCUT2D eigenvalue weighted by atomic mass is 19.4. The maximum atomic E-state index is 13.8. The van der Waals surface area contributed by atoms with Gasteiger partial charge in [0.1, 0.15) is 11.6 Å². The summed E-state index contributed by atoms with van der Waals surface area (Å²) < 4.78 is 46.0. The topological polar surface area (TPSA) is 64.4 Å². The molecule has 8 heteroatoms. The van der Waals surface area contributed by atoms with Gasteiger partial charge in [0.15, 0.2) is 0 Å². The molecule has 0 bridgehead atoms. The molecule has 0 fully saturated rings. The van der Waals surface area contributed by atoms with Crippen LogP contribution in [0.15, 0.2) is 53.5 Å². The van der Waals surface area contributed by atoms with E-state index in [2.05, 4.69) is 19.7 Å². The third-order valence-electron chi connectivity index (χ3n) is 4.27. The molecule has 0 saturated heterocycles. The lowest BCUT2D eigenvalue weighted by molar-refractivity contribution is -0.142. The van der Waals surface area contributed by atoms with Gasteiger partial charge in [-0.25, -0.2) is 15.0 Å². The monoisotopic (exact) mass is 371 g/mol. The number of carbonyl (C=O) groups is 1. The second kappa shape index (κ2) is 6.15. The SMILES string of the molecule is COC(=O)C1C(C(F)(F)F)=Nc2ccccc2-c2nc3ccccc3nc21. The summed E-state index contributed by atoms with van der Waals surface area (Å²) in [4.78, 5) is 25.0. The van der Waals surface area contributed by atoms with Gasteiger partial charge in [-0.1, -0.05) is 30.3 Å². The molecular formula is C19H12F3N3O2. The predicted molar refractivity (Wildman–Crippen MR) is 92.9 cm³/mol. The van der Waals surface area contributed by atoms with Crippen molar-refractivity contribution in [3.8, 4) is 11.3 Å². The third kappa shape index (κ3) is 2.83. The molecule has 1 aliphatic heterocycles. The molecule has 0 saturated carbocycles. The van der Waals surface area contributed by atoms with E-state index >= 15 is 0 Å². The van der Waals surface area contributed by atoms with Crippen LogP contribution in [-0.2, 0) is 9.53 Å². The Kier molecular flexibility index (Phi) is 3.91. The average Bonchev–Trinajstić information content (AvgIpc) is 2.80. The van der Waals surface area contributed by atoms with Crippen LogP contribution in [0.1, 0.15) is 11.6 Å². The van der Waals surface area contributed by atoms with Crippen LogP contribution in [0, 0.1) is 0 Å². The second-order valence-electron chi connectivity index (χ2n) is 5.91. The van der Waals surface area contributed by atoms with E-state index in [-0.39, 0.29) is 17.1 Å². The minimum atomic E-state index is -4.85. The molecule has 2 aromatic carbocycles. The van der Waals surface area contributed by atoms with E-state index in [0.29, 0.717) is 16.6 Å². The standard InChI is InChI=1S/C19H12F3N3O2/c1-27-18(26)14-16-15(23-12-8-4-5-9-13(12)24-16)10-6-2-3-7-11(10)25-17(14)19(20,21)22/h2-9,14H,1H3. The smallest absolute Gasteiger partial charge is 0.430 e. The van der Waals surface area contributed by atoms with Crippen molar-refractivity contribution in [1.82, 2.24) is 9.97 Å². The van der Waals surface area contributed by atoms with Crippen LogP contribution in [-0.4, -0.2) is 34.9 Å². The van der Waals surface area contributed by atoms with E-state index in [1.165, 1.54) is 6.07 Å². The molecule has 1 atom stereocenters. The summed E-state index contributed by atoms with van der Waals surface area (Å²) >= 11 is 0. The van der Waals surface area contributed by atoms with Crippen molar-refractivity contribution < 1.29 is 22.7 Å². The predicted octanol–water partition coefficient (Wildman–Crippen LogP) is 4.20. The van der Waals surface area contributed by atoms with E-state index in [9.17, 15) is 18.0 Å². The lowest BCUT2D eigenvalue weighted by Crippen LogP contribution is -2.35. The lowest BCUT2D eigenvalue weighted by atomic mass is 9.95. The van der Waals surface area contributed by atoms with Crippen LogP contribution in [0.4, 0.5) is 18.9 Å². The number of halogens is 3. The molecule has 0 aliphatic carbocycles. The number of hydrogen-bond acceptors (Lipinski definition) is 5. The minimum absolute atomic E-state index is 0.0714. The van der Waals surface area contributed by atoms with Crippen LogP contribution < -0.4 is 0 Å². The lowest BCUT2D eigenvalue weighted by Gasteiger charge is -2.19. The maximum Gasteiger partial charge on any atom is 0.430 e. The number of aliphatic imine (C=N–C) groups is 1. The largest absolute Gasteiger partial charge is 0.468 e. The molecule has 3 aromatic rings. The van der Waals surface area contributed by atoms with Crippen molar-refractivity contribution >= 4 is 28.4 Å². The summed E-state index contributed by atoms with van der Waals surface area (Å²) in [5, 5.41) is 0. The number of alkyl halides is 3. The van der Waals surface area contributed by atoms with Gasteiger partial charge in [0.25, 0.3) is 0 Å². The molecule has 27 heavy (non-hydrogen) atoms. The molecule has 1 unspecified atom stereocenters. The molecule has 4 rings (SSSR count). The van der Waals surface area contributed by atoms with Gasteiger partial charge in [-0.15, -0.1) is 0 Å². The Labute approximate surface area is 151 Å². The Morgan fingerprint density at radius 3 is 2.30 bits per heavy atom. The molecule has 0 N–H and O–H groups in total. The summed E-state index contributed by atoms with van der Waals surface area (Å²) in [6, 6.07) is 13.1. The number of nitrogens with zero attached hydrogens (tertiary/aromatic N) is 3. The third-order valence-corrected chi connectivity index (χ3v) is 4.27. The van der Waals surface area contributed by atoms with Gasteiger partial charge >= 0.3 is 12.1 Å². The van der Waals surface area contributed by atoms with E-state index in [1.807, 2.05) is 0 Å². The number of ether oxygens (including phenoxy) is 1. The van der Waals surface area contributed by atoms with Crippen molar-refractivity contribution in [3.05, 3.63) is 54.2 Å². The fourth-order valence-corrected chi connectivity index (χ4v) is 3.08. The van der Waals surface area contributed by atoms with Crippen LogP contribution in [0.3, 0.4) is 0 Å². The number of fused-ring (bicyclic) bond motifs is 4. The molecule has 1 aliphatic rings. The summed E-state index contributed by atoms with van der Waals surface area (Å²) in [5.41, 5.74) is 0.117. The first-order valence-corrected chi connectivity index (χ1v) is 8.00. The van der Waals surface area contributed by atoms with E-state index in [0.717, 1.165) is 7.11 Å². The number of aromatic nitrogens is 2. The number of methoxy groups -OCH3 is 1. The summed E-state index contributed by atoms with van der Waals surface area (Å²) in [6.45, 7) is 0. The van der Waals surface area contributed by atoms with Gasteiger partial charge in [-0.2, -0.15) is 13.2 Å². The number of esters is 1. The minimum Gasteiger partial charge on any atom is -0.468 e. The van der Waals surface area contributed by atoms with Crippen LogP contribution in [0.25, 0.3) is 22.3 Å². The zero-order valence-electron chi connectivity index (χ0n) is 14.0. The van der Waals surface area contributed by atoms with Gasteiger partial charge in [0, 0.05) is 5.56 Å². The molecular weight excluding hydrogens is 359 g/mol. The Morgan fingerprint density at radius 2 is 1.63 bits per heavy atom. The van der Waals surface area contributed by atoms with Gasteiger partial charge in [0.2, 0.25) is 0 Å². The Hall–Kier alpha value is -3.29. The van der Waals surface area contributed by atoms with Gasteiger partial charge < -0.3 is 4.74 Å². The van der Waals surface area contributed by atoms with Gasteiger partial charge in [-0.05, 0) is 18.2 Å². The second-order valence-corrected chi connectivity index (χ2v) is 5.91. The Morgan fingerprint density at radius 1 is 1.00 bits per heavy atom. The van der Waals surface area contributed by atoms with E-state index in [4.69, 9.17) is 0 Å². The summed E-state index contributed by atoms with van der Waals surface area (Å²) in [6.07, 6.45) is -4.85. The van der Waals surface area contributed by atoms with Crippen molar-refractivity contribution in [2.24, 2.45) is 4.99 Å². The Balaban J connectivity index is 2.13. The number of rotatable bonds is 1. The highest BCUT2D eigenvalue weighted by Gasteiger charge is 2.48. The van der Waals surface area contributed by atoms with Crippen LogP contribution in [0.5, 0.6) is 0 Å². The average molecular weight is 371 g/mol. The summed E-state index contributed by atoms with van der Waals surface area (Å²) in [5.74, 6) is -2.92. The Bertz CT molecular complexity index is 1090. The van der Waals surface area contributed by atoms with Crippen molar-refractivity contribution in [1.29, 1.82) is 0 Å². The number of hydrogen-bond donors (Lipinski definition) is 0. The number of benzene rings is 2. The quantitative estimate of drug-likeness (QED) is 0.602. The van der Waals surface area contributed by atoms with Crippen molar-refractivity contribution in [3.63, 3.8) is 0 Å². The van der Waals surface area contributed by atoms with Crippen molar-refractivity contribution in [2.45, 2.75) is 12.1 Å². The van der Waals surface area contributed by atoms with E-state index in [1.54, 1.807) is 42.5 Å². The highest BCUT2D eigenvalue weighted by Crippen LogP contribution is 2.42. The highest BCUT2D eigenvalue weighted by molar-refractivity contribution is 6.13. The van der Waals surface area contributed by atoms with Crippen molar-refractivity contribution in [2.75, 3.05) is 7.11 Å². The van der Waals surface area contributed by atoms with Crippen LogP contribution >= 0.6 is 0 Å². The normalized spacial score (nSPS) is 16.1. The number of carbonyl (C=O) groups excluding carboxylic acids is 1. The molecule has 5 nitrogen and oxygen atoms in total.